The van der Waals surface area contributed by atoms with Crippen molar-refractivity contribution in [3.63, 3.8) is 0 Å². The summed E-state index contributed by atoms with van der Waals surface area (Å²) in [5.74, 6) is 0. The molecule has 0 spiro atoms. The Morgan fingerprint density at radius 2 is 0.786 bits per heavy atom. The molecule has 4 nitrogen and oxygen atoms in total. The SMILES string of the molecule is CCOPOCC.CCOPOCC. The van der Waals surface area contributed by atoms with E-state index in [1.54, 1.807) is 0 Å². The molecule has 14 heavy (non-hydrogen) atoms. The first kappa shape index (κ1) is 17.1. The molecule has 88 valence electrons. The van der Waals surface area contributed by atoms with Gasteiger partial charge in [-0.3, -0.25) is 0 Å². The molecule has 0 N–H and O–H groups in total. The van der Waals surface area contributed by atoms with Crippen molar-refractivity contribution in [2.45, 2.75) is 27.7 Å². The molecular formula is C8H22O4P2. The van der Waals surface area contributed by atoms with E-state index >= 15 is 0 Å². The molecule has 0 unspecified atom stereocenters. The van der Waals surface area contributed by atoms with Gasteiger partial charge in [0.25, 0.3) is 0 Å². The van der Waals surface area contributed by atoms with Crippen molar-refractivity contribution < 1.29 is 18.1 Å². The van der Waals surface area contributed by atoms with Crippen LogP contribution in [0.2, 0.25) is 0 Å². The van der Waals surface area contributed by atoms with Crippen LogP contribution in [0.15, 0.2) is 0 Å². The van der Waals surface area contributed by atoms with Gasteiger partial charge in [0, 0.05) is 0 Å². The lowest BCUT2D eigenvalue weighted by atomic mass is 10.9. The number of hydrogen-bond acceptors (Lipinski definition) is 4. The molecule has 0 saturated heterocycles. The fourth-order valence-corrected chi connectivity index (χ4v) is 0.957. The lowest BCUT2D eigenvalue weighted by Crippen LogP contribution is -1.78. The molecule has 0 aromatic carbocycles. The van der Waals surface area contributed by atoms with E-state index in [0.29, 0.717) is 0 Å². The molecule has 0 heterocycles. The van der Waals surface area contributed by atoms with Crippen molar-refractivity contribution >= 4 is 18.1 Å². The summed E-state index contributed by atoms with van der Waals surface area (Å²) in [6.45, 7) is 10.8. The van der Waals surface area contributed by atoms with Gasteiger partial charge in [0.2, 0.25) is 0 Å². The van der Waals surface area contributed by atoms with Gasteiger partial charge >= 0.3 is 0 Å². The van der Waals surface area contributed by atoms with Gasteiger partial charge in [-0.1, -0.05) is 0 Å². The highest BCUT2D eigenvalue weighted by atomic mass is 31.1. The fraction of sp³-hybridized carbons (Fsp3) is 1.00. The number of hydrogen-bond donors (Lipinski definition) is 0. The van der Waals surface area contributed by atoms with Gasteiger partial charge in [0.15, 0.2) is 18.1 Å². The van der Waals surface area contributed by atoms with Gasteiger partial charge in [-0.2, -0.15) is 0 Å². The fourth-order valence-electron chi connectivity index (χ4n) is 0.319. The van der Waals surface area contributed by atoms with Crippen LogP contribution < -0.4 is 0 Å². The molecular weight excluding hydrogens is 222 g/mol. The third kappa shape index (κ3) is 23.0. The largest absolute Gasteiger partial charge is 0.337 e. The summed E-state index contributed by atoms with van der Waals surface area (Å²) >= 11 is 0. The van der Waals surface area contributed by atoms with E-state index in [9.17, 15) is 0 Å². The summed E-state index contributed by atoms with van der Waals surface area (Å²) < 4.78 is 19.5. The van der Waals surface area contributed by atoms with Crippen molar-refractivity contribution in [2.75, 3.05) is 26.4 Å². The standard InChI is InChI=1S/2C4H11O2P/c2*1-3-5-7-6-4-2/h2*7H,3-4H2,1-2H3. The van der Waals surface area contributed by atoms with Gasteiger partial charge in [-0.05, 0) is 27.7 Å². The highest BCUT2D eigenvalue weighted by Crippen LogP contribution is 2.11. The van der Waals surface area contributed by atoms with E-state index in [0.717, 1.165) is 26.4 Å². The van der Waals surface area contributed by atoms with Crippen molar-refractivity contribution in [1.29, 1.82) is 0 Å². The Kier molecular flexibility index (Phi) is 23.6. The van der Waals surface area contributed by atoms with E-state index in [4.69, 9.17) is 18.1 Å². The lowest BCUT2D eigenvalue weighted by molar-refractivity contribution is 0.287. The molecule has 0 fully saturated rings. The molecule has 0 saturated carbocycles. The third-order valence-electron chi connectivity index (χ3n) is 0.813. The summed E-state index contributed by atoms with van der Waals surface area (Å²) in [4.78, 5) is 0. The Bertz CT molecular complexity index is 67.7. The minimum absolute atomic E-state index is 0.232. The molecule has 0 aromatic heterocycles. The van der Waals surface area contributed by atoms with E-state index in [1.165, 1.54) is 0 Å². The quantitative estimate of drug-likeness (QED) is 0.485. The van der Waals surface area contributed by atoms with Gasteiger partial charge in [-0.25, -0.2) is 0 Å². The highest BCUT2D eigenvalue weighted by Gasteiger charge is 1.78. The lowest BCUT2D eigenvalue weighted by Gasteiger charge is -1.96. The summed E-state index contributed by atoms with van der Waals surface area (Å²) in [5.41, 5.74) is 0. The van der Waals surface area contributed by atoms with Gasteiger partial charge in [-0.15, -0.1) is 0 Å². The Labute approximate surface area is 90.9 Å². The maximum Gasteiger partial charge on any atom is 0.155 e. The van der Waals surface area contributed by atoms with Crippen molar-refractivity contribution in [3.05, 3.63) is 0 Å². The van der Waals surface area contributed by atoms with E-state index < -0.39 is 0 Å². The summed E-state index contributed by atoms with van der Waals surface area (Å²) in [7, 11) is 0.465. The maximum atomic E-state index is 4.88. The monoisotopic (exact) mass is 244 g/mol. The van der Waals surface area contributed by atoms with Gasteiger partial charge in [0.1, 0.15) is 0 Å². The van der Waals surface area contributed by atoms with Crippen molar-refractivity contribution in [3.8, 4) is 0 Å². The third-order valence-corrected chi connectivity index (χ3v) is 2.44. The zero-order valence-corrected chi connectivity index (χ0v) is 11.5. The Morgan fingerprint density at radius 1 is 0.571 bits per heavy atom. The molecule has 0 bridgehead atoms. The van der Waals surface area contributed by atoms with E-state index in [1.807, 2.05) is 27.7 Å². The van der Waals surface area contributed by atoms with Crippen LogP contribution in [0, 0.1) is 0 Å². The molecule has 0 aliphatic heterocycles. The normalized spacial score (nSPS) is 9.43. The summed E-state index contributed by atoms with van der Waals surface area (Å²) in [6.07, 6.45) is 0. The first-order valence-corrected chi connectivity index (χ1v) is 6.43. The molecule has 0 aliphatic rings. The van der Waals surface area contributed by atoms with Crippen LogP contribution in [0.3, 0.4) is 0 Å². The topological polar surface area (TPSA) is 36.9 Å². The predicted molar refractivity (Wildman–Crippen MR) is 63.1 cm³/mol. The van der Waals surface area contributed by atoms with Crippen molar-refractivity contribution in [1.82, 2.24) is 0 Å². The molecule has 6 heteroatoms. The molecule has 0 atom stereocenters. The second-order valence-corrected chi connectivity index (χ2v) is 3.39. The second-order valence-electron chi connectivity index (χ2n) is 1.90. The van der Waals surface area contributed by atoms with Gasteiger partial charge in [0.05, 0.1) is 26.4 Å². The minimum Gasteiger partial charge on any atom is -0.337 e. The van der Waals surface area contributed by atoms with Crippen LogP contribution >= 0.6 is 18.1 Å². The molecule has 0 radical (unpaired) electrons. The molecule has 0 aromatic rings. The smallest absolute Gasteiger partial charge is 0.155 e. The van der Waals surface area contributed by atoms with E-state index in [-0.39, 0.29) is 18.1 Å². The first-order valence-electron chi connectivity index (χ1n) is 4.80. The highest BCUT2D eigenvalue weighted by molar-refractivity contribution is 7.26. The van der Waals surface area contributed by atoms with Crippen molar-refractivity contribution in [2.24, 2.45) is 0 Å². The van der Waals surface area contributed by atoms with Crippen LogP contribution in [0.4, 0.5) is 0 Å². The number of rotatable bonds is 8. The first-order chi connectivity index (χ1) is 6.83. The summed E-state index contributed by atoms with van der Waals surface area (Å²) in [5, 5.41) is 0. The zero-order valence-electron chi connectivity index (χ0n) is 9.46. The Hall–Kier alpha value is 0.700. The predicted octanol–water partition coefficient (Wildman–Crippen LogP) is 3.14. The average molecular weight is 244 g/mol. The van der Waals surface area contributed by atoms with Gasteiger partial charge < -0.3 is 18.1 Å². The van der Waals surface area contributed by atoms with Crippen LogP contribution in [0.1, 0.15) is 27.7 Å². The Balaban J connectivity index is 0. The zero-order chi connectivity index (χ0) is 11.1. The molecule has 0 rings (SSSR count). The van der Waals surface area contributed by atoms with Crippen LogP contribution in [0.25, 0.3) is 0 Å². The minimum atomic E-state index is 0.232. The van der Waals surface area contributed by atoms with Crippen LogP contribution in [0.5, 0.6) is 0 Å². The second kappa shape index (κ2) is 19.3. The van der Waals surface area contributed by atoms with E-state index in [2.05, 4.69) is 0 Å². The van der Waals surface area contributed by atoms with Crippen LogP contribution in [-0.2, 0) is 18.1 Å². The molecule has 0 amide bonds. The van der Waals surface area contributed by atoms with Crippen LogP contribution in [-0.4, -0.2) is 26.4 Å². The Morgan fingerprint density at radius 3 is 0.929 bits per heavy atom. The molecule has 0 aliphatic carbocycles. The maximum absolute atomic E-state index is 4.88. The summed E-state index contributed by atoms with van der Waals surface area (Å²) in [6, 6.07) is 0. The average Bonchev–Trinajstić information content (AvgIpc) is 2.21.